The number of H-pyrrole nitrogens is 1. The fourth-order valence-electron chi connectivity index (χ4n) is 4.01. The van der Waals surface area contributed by atoms with E-state index in [9.17, 15) is 9.18 Å². The number of ether oxygens (including phenoxy) is 2. The maximum absolute atomic E-state index is 15.2. The van der Waals surface area contributed by atoms with Gasteiger partial charge in [0.15, 0.2) is 23.1 Å². The largest absolute Gasteiger partial charge is 0.493 e. The molecule has 3 aromatic heterocycles. The summed E-state index contributed by atoms with van der Waals surface area (Å²) in [7, 11) is 2.94. The molecule has 0 saturated carbocycles. The van der Waals surface area contributed by atoms with Crippen molar-refractivity contribution in [3.63, 3.8) is 0 Å². The lowest BCUT2D eigenvalue weighted by molar-refractivity contribution is 0.263. The van der Waals surface area contributed by atoms with Gasteiger partial charge in [0.05, 0.1) is 24.7 Å². The first-order chi connectivity index (χ1) is 16.9. The first kappa shape index (κ1) is 22.3. The summed E-state index contributed by atoms with van der Waals surface area (Å²) in [5.41, 5.74) is 1.51. The van der Waals surface area contributed by atoms with Crippen LogP contribution in [0.4, 0.5) is 8.78 Å². The van der Waals surface area contributed by atoms with Crippen LogP contribution >= 0.6 is 0 Å². The zero-order chi connectivity index (χ0) is 24.7. The monoisotopic (exact) mass is 482 g/mol. The van der Waals surface area contributed by atoms with Crippen LogP contribution in [0.5, 0.6) is 11.5 Å². The Morgan fingerprint density at radius 1 is 1.17 bits per heavy atom. The minimum absolute atomic E-state index is 0.0598. The van der Waals surface area contributed by atoms with Crippen molar-refractivity contribution < 1.29 is 22.8 Å². The predicted octanol–water partition coefficient (Wildman–Crippen LogP) is 3.34. The van der Waals surface area contributed by atoms with Crippen molar-refractivity contribution in [3.8, 4) is 22.6 Å². The van der Waals surface area contributed by atoms with Gasteiger partial charge in [-0.05, 0) is 36.8 Å². The van der Waals surface area contributed by atoms with Gasteiger partial charge < -0.3 is 14.0 Å². The molecule has 3 heterocycles. The second kappa shape index (κ2) is 8.70. The van der Waals surface area contributed by atoms with E-state index in [1.807, 2.05) is 0 Å². The number of rotatable bonds is 7. The number of fused-ring (bicyclic) bond motifs is 1. The molecule has 0 spiro atoms. The fourth-order valence-corrected chi connectivity index (χ4v) is 4.01. The average molecular weight is 482 g/mol. The number of aromatic nitrogens is 6. The molecule has 1 N–H and O–H groups in total. The molecule has 0 amide bonds. The molecule has 5 aromatic rings. The highest BCUT2D eigenvalue weighted by Crippen LogP contribution is 2.38. The number of imidazole rings is 1. The molecule has 0 aliphatic rings. The zero-order valence-corrected chi connectivity index (χ0v) is 19.0. The van der Waals surface area contributed by atoms with Crippen LogP contribution in [-0.4, -0.2) is 36.6 Å². The minimum Gasteiger partial charge on any atom is -0.493 e. The molecule has 0 unspecified atom stereocenters. The molecule has 180 valence electrons. The number of halogens is 2. The quantitative estimate of drug-likeness (QED) is 0.379. The Balaban J connectivity index is 1.62. The van der Waals surface area contributed by atoms with Crippen molar-refractivity contribution in [2.45, 2.75) is 20.1 Å². The van der Waals surface area contributed by atoms with Crippen LogP contribution < -0.4 is 15.2 Å². The molecule has 10 nitrogen and oxygen atoms in total. The van der Waals surface area contributed by atoms with Gasteiger partial charge in [0.25, 0.3) is 0 Å². The van der Waals surface area contributed by atoms with E-state index in [0.29, 0.717) is 39.4 Å². The van der Waals surface area contributed by atoms with Gasteiger partial charge in [-0.25, -0.2) is 18.6 Å². The fraction of sp³-hybridized carbons (Fsp3) is 0.217. The van der Waals surface area contributed by atoms with Crippen molar-refractivity contribution in [1.29, 1.82) is 0 Å². The maximum atomic E-state index is 15.2. The summed E-state index contributed by atoms with van der Waals surface area (Å²) in [6.45, 7) is 1.76. The predicted molar refractivity (Wildman–Crippen MR) is 120 cm³/mol. The van der Waals surface area contributed by atoms with Crippen LogP contribution in [0.3, 0.4) is 0 Å². The first-order valence-corrected chi connectivity index (χ1v) is 10.5. The molecule has 0 aliphatic carbocycles. The molecular weight excluding hydrogens is 462 g/mol. The molecule has 0 atom stereocenters. The van der Waals surface area contributed by atoms with Crippen LogP contribution in [0.2, 0.25) is 0 Å². The molecule has 5 rings (SSSR count). The Morgan fingerprint density at radius 3 is 2.69 bits per heavy atom. The summed E-state index contributed by atoms with van der Waals surface area (Å²) in [4.78, 5) is 17.0. The molecule has 12 heteroatoms. The smallest absolute Gasteiger partial charge is 0.329 e. The molecule has 0 bridgehead atoms. The van der Waals surface area contributed by atoms with E-state index in [1.165, 1.54) is 46.8 Å². The number of hydrogen-bond acceptors (Lipinski definition) is 7. The van der Waals surface area contributed by atoms with Crippen LogP contribution in [-0.2, 0) is 20.2 Å². The lowest BCUT2D eigenvalue weighted by atomic mass is 10.0. The van der Waals surface area contributed by atoms with Gasteiger partial charge in [-0.15, -0.1) is 0 Å². The van der Waals surface area contributed by atoms with Gasteiger partial charge in [0.1, 0.15) is 30.2 Å². The van der Waals surface area contributed by atoms with E-state index in [-0.39, 0.29) is 30.3 Å². The number of aryl methyl sites for hydroxylation is 2. The van der Waals surface area contributed by atoms with Crippen molar-refractivity contribution in [1.82, 2.24) is 29.5 Å². The van der Waals surface area contributed by atoms with Crippen molar-refractivity contribution >= 4 is 11.0 Å². The zero-order valence-electron chi connectivity index (χ0n) is 19.0. The third-order valence-corrected chi connectivity index (χ3v) is 5.55. The highest BCUT2D eigenvalue weighted by Gasteiger charge is 2.21. The molecule has 0 aliphatic heterocycles. The second-order valence-electron chi connectivity index (χ2n) is 7.89. The van der Waals surface area contributed by atoms with Crippen LogP contribution in [0.15, 0.2) is 46.0 Å². The number of nitrogens with one attached hydrogen (secondary N) is 1. The number of aromatic amines is 1. The van der Waals surface area contributed by atoms with E-state index in [4.69, 9.17) is 14.0 Å². The summed E-state index contributed by atoms with van der Waals surface area (Å²) in [5.74, 6) is -0.353. The molecule has 0 fully saturated rings. The highest BCUT2D eigenvalue weighted by molar-refractivity contribution is 5.93. The van der Waals surface area contributed by atoms with Gasteiger partial charge in [-0.2, -0.15) is 5.10 Å². The molecule has 0 radical (unpaired) electrons. The highest BCUT2D eigenvalue weighted by atomic mass is 19.1. The van der Waals surface area contributed by atoms with Gasteiger partial charge in [0, 0.05) is 18.7 Å². The van der Waals surface area contributed by atoms with E-state index >= 15 is 4.39 Å². The van der Waals surface area contributed by atoms with Crippen molar-refractivity contribution in [2.24, 2.45) is 7.05 Å². The minimum atomic E-state index is -0.723. The molecule has 35 heavy (non-hydrogen) atoms. The average Bonchev–Trinajstić information content (AvgIpc) is 3.55. The summed E-state index contributed by atoms with van der Waals surface area (Å²) in [6, 6.07) is 6.93. The summed E-state index contributed by atoms with van der Waals surface area (Å²) >= 11 is 0. The number of hydrogen-bond donors (Lipinski definition) is 1. The molecule has 2 aromatic carbocycles. The van der Waals surface area contributed by atoms with Gasteiger partial charge >= 0.3 is 5.69 Å². The Bertz CT molecular complexity index is 1590. The third-order valence-electron chi connectivity index (χ3n) is 5.55. The third kappa shape index (κ3) is 4.03. The normalized spacial score (nSPS) is 11.3. The Morgan fingerprint density at radius 2 is 2.00 bits per heavy atom. The Labute approximate surface area is 196 Å². The molecular formula is C23H20F2N6O4. The Kier molecular flexibility index (Phi) is 5.55. The lowest BCUT2D eigenvalue weighted by Crippen LogP contribution is -2.22. The van der Waals surface area contributed by atoms with Gasteiger partial charge in [-0.3, -0.25) is 14.2 Å². The maximum Gasteiger partial charge on any atom is 0.329 e. The Hall–Kier alpha value is -4.48. The van der Waals surface area contributed by atoms with Gasteiger partial charge in [0.2, 0.25) is 0 Å². The first-order valence-electron chi connectivity index (χ1n) is 10.5. The number of benzene rings is 2. The van der Waals surface area contributed by atoms with Crippen molar-refractivity contribution in [3.05, 3.63) is 76.1 Å². The van der Waals surface area contributed by atoms with E-state index < -0.39 is 11.6 Å². The van der Waals surface area contributed by atoms with Crippen molar-refractivity contribution in [2.75, 3.05) is 7.11 Å². The summed E-state index contributed by atoms with van der Waals surface area (Å²) < 4.78 is 48.7. The number of nitrogens with zero attached hydrogens (tertiary/aromatic N) is 5. The van der Waals surface area contributed by atoms with E-state index in [1.54, 1.807) is 20.0 Å². The van der Waals surface area contributed by atoms with E-state index in [2.05, 4.69) is 20.3 Å². The summed E-state index contributed by atoms with van der Waals surface area (Å²) in [5, 5.41) is 10.3. The number of methoxy groups -OCH3 is 1. The topological polar surface area (TPSA) is 113 Å². The van der Waals surface area contributed by atoms with Crippen LogP contribution in [0.1, 0.15) is 17.3 Å². The lowest BCUT2D eigenvalue weighted by Gasteiger charge is -2.14. The molecule has 0 saturated heterocycles. The van der Waals surface area contributed by atoms with Crippen LogP contribution in [0, 0.1) is 18.6 Å². The van der Waals surface area contributed by atoms with Crippen LogP contribution in [0.25, 0.3) is 22.2 Å². The van der Waals surface area contributed by atoms with E-state index in [0.717, 1.165) is 0 Å². The van der Waals surface area contributed by atoms with Gasteiger partial charge in [-0.1, -0.05) is 5.16 Å². The summed E-state index contributed by atoms with van der Waals surface area (Å²) in [6.07, 6.45) is 1.31. The standard InChI is InChI=1S/C23H20F2N6O4/c1-12-4-15(29-35-12)9-31-18-8-14(24)7-16(21(18)30(2)23(31)32)13-5-17(25)22(19(6-13)33-3)34-10-20-26-11-27-28-20/h4-8,11H,9-10H2,1-3H3,(H,26,27,28). The SMILES string of the molecule is COc1cc(-c2cc(F)cc3c2n(C)c(=O)n3Cc2cc(C)on2)cc(F)c1OCc1ncn[nH]1. The second-order valence-corrected chi connectivity index (χ2v) is 7.89.